The molecule has 0 heterocycles. The van der Waals surface area contributed by atoms with E-state index in [0.29, 0.717) is 6.42 Å². The number of hydrogen-bond donors (Lipinski definition) is 2. The molecule has 47 valence electrons. The van der Waals surface area contributed by atoms with Crippen LogP contribution in [0.3, 0.4) is 0 Å². The molecular weight excluding hydrogens is 104 g/mol. The van der Waals surface area contributed by atoms with E-state index in [1.807, 2.05) is 0 Å². The van der Waals surface area contributed by atoms with Gasteiger partial charge in [0.15, 0.2) is 0 Å². The highest BCUT2D eigenvalue weighted by Crippen LogP contribution is 2.10. The highest BCUT2D eigenvalue weighted by atomic mass is 16.3. The minimum absolute atomic E-state index is 0.378. The van der Waals surface area contributed by atoms with E-state index in [-0.39, 0.29) is 0 Å². The Hall–Kier alpha value is -0.340. The first kappa shape index (κ1) is 7.66. The van der Waals surface area contributed by atoms with Crippen molar-refractivity contribution >= 4 is 0 Å². The van der Waals surface area contributed by atoms with Crippen molar-refractivity contribution in [2.24, 2.45) is 0 Å². The van der Waals surface area contributed by atoms with E-state index in [0.717, 1.165) is 6.61 Å². The second-order valence-corrected chi connectivity index (χ2v) is 1.98. The lowest BCUT2D eigenvalue weighted by Crippen LogP contribution is -2.22. The Morgan fingerprint density at radius 3 is 2.38 bits per heavy atom. The molecule has 0 aliphatic carbocycles. The number of aliphatic hydroxyl groups excluding tert-OH is 1. The van der Waals surface area contributed by atoms with Gasteiger partial charge in [-0.3, -0.25) is 0 Å². The molecule has 0 fully saturated rings. The van der Waals surface area contributed by atoms with Crippen LogP contribution in [0, 0.1) is 6.61 Å². The predicted octanol–water partition coefficient (Wildman–Crippen LogP) is 0.848. The van der Waals surface area contributed by atoms with Gasteiger partial charge in [0.05, 0.1) is 5.60 Å². The average Bonchev–Trinajstić information content (AvgIpc) is 1.67. The Labute approximate surface area is 49.5 Å². The van der Waals surface area contributed by atoms with Crippen molar-refractivity contribution in [3.8, 4) is 0 Å². The number of rotatable bonds is 3. The third-order valence-electron chi connectivity index (χ3n) is 0.836. The zero-order valence-electron chi connectivity index (χ0n) is 4.96. The summed E-state index contributed by atoms with van der Waals surface area (Å²) in [7, 11) is 0. The van der Waals surface area contributed by atoms with Crippen LogP contribution in [0.15, 0.2) is 12.7 Å². The fourth-order valence-corrected chi connectivity index (χ4v) is 0.345. The summed E-state index contributed by atoms with van der Waals surface area (Å²) in [5.74, 6) is 0. The molecule has 0 amide bonds. The molecule has 2 heteroatoms. The van der Waals surface area contributed by atoms with Crippen LogP contribution in [0.25, 0.3) is 0 Å². The van der Waals surface area contributed by atoms with Crippen LogP contribution in [0.4, 0.5) is 0 Å². The van der Waals surface area contributed by atoms with Crippen molar-refractivity contribution in [1.29, 1.82) is 0 Å². The molecule has 0 saturated carbocycles. The van der Waals surface area contributed by atoms with Crippen LogP contribution in [-0.2, 0) is 0 Å². The number of hydrogen-bond acceptors (Lipinski definition) is 2. The fourth-order valence-electron chi connectivity index (χ4n) is 0.345. The Morgan fingerprint density at radius 1 is 1.75 bits per heavy atom. The summed E-state index contributed by atoms with van der Waals surface area (Å²) in [4.78, 5) is 0. The SMILES string of the molecule is C=CCC(C)(O)[CH]O. The molecule has 1 radical (unpaired) electrons. The highest BCUT2D eigenvalue weighted by molar-refractivity contribution is 4.87. The van der Waals surface area contributed by atoms with Crippen molar-refractivity contribution in [2.45, 2.75) is 18.9 Å². The first-order valence-corrected chi connectivity index (χ1v) is 2.44. The molecule has 0 saturated heterocycles. The van der Waals surface area contributed by atoms with Crippen LogP contribution >= 0.6 is 0 Å². The second-order valence-electron chi connectivity index (χ2n) is 1.98. The van der Waals surface area contributed by atoms with Gasteiger partial charge in [0, 0.05) is 0 Å². The van der Waals surface area contributed by atoms with Crippen molar-refractivity contribution < 1.29 is 10.2 Å². The fraction of sp³-hybridized carbons (Fsp3) is 0.500. The molecule has 8 heavy (non-hydrogen) atoms. The van der Waals surface area contributed by atoms with Crippen molar-refractivity contribution in [3.63, 3.8) is 0 Å². The van der Waals surface area contributed by atoms with Crippen molar-refractivity contribution in [2.75, 3.05) is 0 Å². The van der Waals surface area contributed by atoms with Gasteiger partial charge in [0.25, 0.3) is 0 Å². The summed E-state index contributed by atoms with van der Waals surface area (Å²) < 4.78 is 0. The van der Waals surface area contributed by atoms with E-state index in [1.165, 1.54) is 6.92 Å². The molecule has 0 aliphatic heterocycles. The van der Waals surface area contributed by atoms with Gasteiger partial charge in [-0.15, -0.1) is 6.58 Å². The van der Waals surface area contributed by atoms with Gasteiger partial charge < -0.3 is 10.2 Å². The van der Waals surface area contributed by atoms with E-state index in [4.69, 9.17) is 10.2 Å². The summed E-state index contributed by atoms with van der Waals surface area (Å²) in [5.41, 5.74) is -1.10. The third kappa shape index (κ3) is 2.77. The molecule has 0 rings (SSSR count). The van der Waals surface area contributed by atoms with E-state index in [1.54, 1.807) is 6.08 Å². The quantitative estimate of drug-likeness (QED) is 0.535. The third-order valence-corrected chi connectivity index (χ3v) is 0.836. The van der Waals surface area contributed by atoms with Crippen LogP contribution in [-0.4, -0.2) is 15.8 Å². The molecule has 1 unspecified atom stereocenters. The largest absolute Gasteiger partial charge is 0.387 e. The Bertz CT molecular complexity index is 76.6. The van der Waals surface area contributed by atoms with E-state index >= 15 is 0 Å². The maximum Gasteiger partial charge on any atom is 0.111 e. The van der Waals surface area contributed by atoms with Crippen molar-refractivity contribution in [1.82, 2.24) is 0 Å². The zero-order valence-corrected chi connectivity index (χ0v) is 4.96. The molecular formula is C6H11O2. The Balaban J connectivity index is 3.53. The topological polar surface area (TPSA) is 40.5 Å². The number of aliphatic hydroxyl groups is 2. The lowest BCUT2D eigenvalue weighted by atomic mass is 10.1. The first-order valence-electron chi connectivity index (χ1n) is 2.44. The van der Waals surface area contributed by atoms with Gasteiger partial charge >= 0.3 is 0 Å². The Morgan fingerprint density at radius 2 is 2.25 bits per heavy atom. The van der Waals surface area contributed by atoms with Crippen LogP contribution < -0.4 is 0 Å². The Kier molecular flexibility index (Phi) is 2.72. The van der Waals surface area contributed by atoms with Gasteiger partial charge in [0.2, 0.25) is 0 Å². The minimum atomic E-state index is -1.10. The van der Waals surface area contributed by atoms with Gasteiger partial charge in [0.1, 0.15) is 6.61 Å². The lowest BCUT2D eigenvalue weighted by molar-refractivity contribution is 0.0483. The molecule has 0 bridgehead atoms. The van der Waals surface area contributed by atoms with E-state index in [9.17, 15) is 0 Å². The van der Waals surface area contributed by atoms with Crippen LogP contribution in [0.2, 0.25) is 0 Å². The summed E-state index contributed by atoms with van der Waals surface area (Å²) >= 11 is 0. The van der Waals surface area contributed by atoms with E-state index < -0.39 is 5.60 Å². The second kappa shape index (κ2) is 2.84. The predicted molar refractivity (Wildman–Crippen MR) is 31.7 cm³/mol. The van der Waals surface area contributed by atoms with Crippen LogP contribution in [0.5, 0.6) is 0 Å². The van der Waals surface area contributed by atoms with E-state index in [2.05, 4.69) is 6.58 Å². The van der Waals surface area contributed by atoms with Gasteiger partial charge in [-0.2, -0.15) is 0 Å². The minimum Gasteiger partial charge on any atom is -0.387 e. The molecule has 1 atom stereocenters. The molecule has 2 N–H and O–H groups in total. The van der Waals surface area contributed by atoms with Gasteiger partial charge in [-0.1, -0.05) is 6.08 Å². The molecule has 0 aromatic heterocycles. The maximum absolute atomic E-state index is 8.95. The normalized spacial score (nSPS) is 17.4. The summed E-state index contributed by atoms with van der Waals surface area (Å²) in [6.45, 7) is 5.67. The monoisotopic (exact) mass is 115 g/mol. The summed E-state index contributed by atoms with van der Waals surface area (Å²) in [6, 6.07) is 0. The molecule has 0 spiro atoms. The van der Waals surface area contributed by atoms with Gasteiger partial charge in [-0.25, -0.2) is 0 Å². The lowest BCUT2D eigenvalue weighted by Gasteiger charge is -2.15. The maximum atomic E-state index is 8.95. The zero-order chi connectivity index (χ0) is 6.62. The summed E-state index contributed by atoms with van der Waals surface area (Å²) in [6.07, 6.45) is 1.93. The summed E-state index contributed by atoms with van der Waals surface area (Å²) in [5, 5.41) is 17.2. The molecule has 0 aromatic carbocycles. The standard InChI is InChI=1S/C6H11O2/c1-3-4-6(2,8)5-7/h3,5,7-8H,1,4H2,2H3. The average molecular weight is 115 g/mol. The smallest absolute Gasteiger partial charge is 0.111 e. The highest BCUT2D eigenvalue weighted by Gasteiger charge is 2.16. The molecule has 2 nitrogen and oxygen atoms in total. The molecule has 0 aromatic rings. The first-order chi connectivity index (χ1) is 3.62. The molecule has 0 aliphatic rings. The van der Waals surface area contributed by atoms with Crippen molar-refractivity contribution in [3.05, 3.63) is 19.3 Å². The van der Waals surface area contributed by atoms with Crippen LogP contribution in [0.1, 0.15) is 13.3 Å². The van der Waals surface area contributed by atoms with Gasteiger partial charge in [-0.05, 0) is 13.3 Å².